The minimum Gasteiger partial charge on any atom is -0.325 e. The second-order valence-corrected chi connectivity index (χ2v) is 12.8. The Morgan fingerprint density at radius 2 is 1.40 bits per heavy atom. The summed E-state index contributed by atoms with van der Waals surface area (Å²) in [6.07, 6.45) is 0. The third kappa shape index (κ3) is 6.64. The molecular formula is C28H29N5O5S2. The van der Waals surface area contributed by atoms with Crippen LogP contribution >= 0.6 is 0 Å². The largest absolute Gasteiger partial charge is 0.325 e. The highest BCUT2D eigenvalue weighted by molar-refractivity contribution is 7.93. The molecule has 4 aromatic rings. The minimum absolute atomic E-state index is 0.0407. The van der Waals surface area contributed by atoms with Crippen LogP contribution in [0.4, 0.5) is 17.3 Å². The fraction of sp³-hybridized carbons (Fsp3) is 0.179. The molecule has 1 heterocycles. The zero-order valence-electron chi connectivity index (χ0n) is 22.4. The Morgan fingerprint density at radius 3 is 2.02 bits per heavy atom. The van der Waals surface area contributed by atoms with Gasteiger partial charge in [-0.15, -0.1) is 0 Å². The maximum atomic E-state index is 13.6. The van der Waals surface area contributed by atoms with Gasteiger partial charge < -0.3 is 5.32 Å². The van der Waals surface area contributed by atoms with Crippen molar-refractivity contribution in [3.63, 3.8) is 0 Å². The van der Waals surface area contributed by atoms with Gasteiger partial charge in [0.25, 0.3) is 20.0 Å². The Hall–Kier alpha value is -4.29. The van der Waals surface area contributed by atoms with E-state index in [9.17, 15) is 21.6 Å². The molecule has 2 N–H and O–H groups in total. The van der Waals surface area contributed by atoms with Gasteiger partial charge in [-0.05, 0) is 87.4 Å². The second-order valence-electron chi connectivity index (χ2n) is 9.27. The van der Waals surface area contributed by atoms with E-state index in [0.29, 0.717) is 28.3 Å². The minimum atomic E-state index is -4.07. The Balaban J connectivity index is 1.55. The quantitative estimate of drug-likeness (QED) is 0.301. The molecule has 40 heavy (non-hydrogen) atoms. The van der Waals surface area contributed by atoms with Crippen LogP contribution in [0.25, 0.3) is 0 Å². The van der Waals surface area contributed by atoms with Crippen molar-refractivity contribution in [2.45, 2.75) is 37.5 Å². The lowest BCUT2D eigenvalue weighted by Gasteiger charge is -2.26. The predicted octanol–water partition coefficient (Wildman–Crippen LogP) is 4.35. The third-order valence-electron chi connectivity index (χ3n) is 5.91. The number of anilines is 3. The summed E-state index contributed by atoms with van der Waals surface area (Å²) < 4.78 is 56.2. The molecule has 0 bridgehead atoms. The molecule has 0 aliphatic carbocycles. The number of nitrogens with one attached hydrogen (secondary N) is 2. The fourth-order valence-corrected chi connectivity index (χ4v) is 6.45. The van der Waals surface area contributed by atoms with Crippen molar-refractivity contribution in [2.75, 3.05) is 20.9 Å². The van der Waals surface area contributed by atoms with E-state index in [4.69, 9.17) is 0 Å². The van der Waals surface area contributed by atoms with Crippen LogP contribution in [0, 0.1) is 27.7 Å². The lowest BCUT2D eigenvalue weighted by atomic mass is 10.1. The normalized spacial score (nSPS) is 11.6. The van der Waals surface area contributed by atoms with Gasteiger partial charge in [0.05, 0.1) is 15.5 Å². The van der Waals surface area contributed by atoms with E-state index in [-0.39, 0.29) is 15.7 Å². The Morgan fingerprint density at radius 1 is 0.775 bits per heavy atom. The van der Waals surface area contributed by atoms with Crippen molar-refractivity contribution in [1.29, 1.82) is 0 Å². The molecule has 3 aromatic carbocycles. The molecule has 4 rings (SSSR count). The van der Waals surface area contributed by atoms with Crippen LogP contribution in [0.5, 0.6) is 0 Å². The van der Waals surface area contributed by atoms with Crippen molar-refractivity contribution < 1.29 is 21.6 Å². The molecule has 1 aromatic heterocycles. The Bertz CT molecular complexity index is 1740. The number of benzene rings is 3. The van der Waals surface area contributed by atoms with E-state index in [1.807, 2.05) is 13.0 Å². The van der Waals surface area contributed by atoms with E-state index in [1.54, 1.807) is 57.2 Å². The van der Waals surface area contributed by atoms with E-state index in [2.05, 4.69) is 20.0 Å². The highest BCUT2D eigenvalue weighted by Gasteiger charge is 2.28. The molecule has 0 atom stereocenters. The monoisotopic (exact) mass is 579 g/mol. The summed E-state index contributed by atoms with van der Waals surface area (Å²) in [4.78, 5) is 21.3. The van der Waals surface area contributed by atoms with E-state index >= 15 is 0 Å². The van der Waals surface area contributed by atoms with Crippen LogP contribution < -0.4 is 14.3 Å². The first-order valence-electron chi connectivity index (χ1n) is 12.3. The van der Waals surface area contributed by atoms with Gasteiger partial charge in [-0.2, -0.15) is 0 Å². The molecule has 0 aliphatic heterocycles. The molecule has 0 unspecified atom stereocenters. The highest BCUT2D eigenvalue weighted by Crippen LogP contribution is 2.28. The van der Waals surface area contributed by atoms with Crippen molar-refractivity contribution in [3.05, 3.63) is 101 Å². The van der Waals surface area contributed by atoms with Crippen molar-refractivity contribution >= 4 is 43.3 Å². The summed E-state index contributed by atoms with van der Waals surface area (Å²) in [5.41, 5.74) is 3.45. The summed E-state index contributed by atoms with van der Waals surface area (Å²) in [6.45, 7) is 6.59. The van der Waals surface area contributed by atoms with Gasteiger partial charge in [0.15, 0.2) is 0 Å². The van der Waals surface area contributed by atoms with Gasteiger partial charge in [-0.1, -0.05) is 30.3 Å². The standard InChI is InChI=1S/C28H29N5O5S2/c1-19-10-11-20(2)26(16-19)33(40(37,38)25-8-6-5-7-9-25)18-27(34)31-23-12-14-24(15-13-23)39(35,36)32-28-29-21(3)17-22(4)30-28/h5-17H,18H2,1-4H3,(H,31,34)(H,29,30,32). The number of sulfonamides is 2. The van der Waals surface area contributed by atoms with Gasteiger partial charge in [-0.25, -0.2) is 31.5 Å². The number of aryl methyl sites for hydroxylation is 4. The second kappa shape index (κ2) is 11.4. The van der Waals surface area contributed by atoms with Gasteiger partial charge >= 0.3 is 0 Å². The molecule has 0 saturated carbocycles. The third-order valence-corrected chi connectivity index (χ3v) is 9.03. The summed E-state index contributed by atoms with van der Waals surface area (Å²) >= 11 is 0. The zero-order chi connectivity index (χ0) is 29.1. The summed E-state index contributed by atoms with van der Waals surface area (Å²) in [5.74, 6) is -0.640. The number of amides is 1. The topological polar surface area (TPSA) is 138 Å². The molecule has 0 saturated heterocycles. The summed E-state index contributed by atoms with van der Waals surface area (Å²) in [6, 6.07) is 20.5. The van der Waals surface area contributed by atoms with Gasteiger partial charge in [0, 0.05) is 17.1 Å². The first-order valence-corrected chi connectivity index (χ1v) is 15.2. The summed E-state index contributed by atoms with van der Waals surface area (Å²) in [7, 11) is -8.05. The van der Waals surface area contributed by atoms with Crippen LogP contribution in [-0.4, -0.2) is 39.3 Å². The highest BCUT2D eigenvalue weighted by atomic mass is 32.2. The van der Waals surface area contributed by atoms with Crippen LogP contribution in [0.1, 0.15) is 22.5 Å². The van der Waals surface area contributed by atoms with Crippen molar-refractivity contribution in [1.82, 2.24) is 9.97 Å². The molecule has 1 amide bonds. The maximum Gasteiger partial charge on any atom is 0.264 e. The lowest BCUT2D eigenvalue weighted by molar-refractivity contribution is -0.114. The van der Waals surface area contributed by atoms with Crippen molar-refractivity contribution in [3.8, 4) is 0 Å². The Kier molecular flexibility index (Phi) is 8.21. The van der Waals surface area contributed by atoms with Crippen LogP contribution in [0.3, 0.4) is 0 Å². The molecule has 208 valence electrons. The Labute approximate surface area is 234 Å². The zero-order valence-corrected chi connectivity index (χ0v) is 24.0. The van der Waals surface area contributed by atoms with Crippen LogP contribution in [-0.2, 0) is 24.8 Å². The van der Waals surface area contributed by atoms with E-state index < -0.39 is 32.5 Å². The number of aromatic nitrogens is 2. The lowest BCUT2D eigenvalue weighted by Crippen LogP contribution is -2.38. The number of carbonyl (C=O) groups excluding carboxylic acids is 1. The van der Waals surface area contributed by atoms with E-state index in [0.717, 1.165) is 9.87 Å². The van der Waals surface area contributed by atoms with Crippen LogP contribution in [0.15, 0.2) is 88.7 Å². The molecule has 0 spiro atoms. The number of rotatable bonds is 9. The van der Waals surface area contributed by atoms with Gasteiger partial charge in [0.1, 0.15) is 6.54 Å². The first-order chi connectivity index (χ1) is 18.8. The molecule has 10 nitrogen and oxygen atoms in total. The molecule has 0 aliphatic rings. The number of hydrogen-bond acceptors (Lipinski definition) is 7. The predicted molar refractivity (Wildman–Crippen MR) is 154 cm³/mol. The summed E-state index contributed by atoms with van der Waals surface area (Å²) in [5, 5.41) is 2.66. The average Bonchev–Trinajstić information content (AvgIpc) is 2.89. The number of nitrogens with zero attached hydrogens (tertiary/aromatic N) is 3. The number of hydrogen-bond donors (Lipinski definition) is 2. The van der Waals surface area contributed by atoms with Crippen molar-refractivity contribution in [2.24, 2.45) is 0 Å². The fourth-order valence-electron chi connectivity index (χ4n) is 4.01. The van der Waals surface area contributed by atoms with Gasteiger partial charge in [0.2, 0.25) is 11.9 Å². The molecule has 0 fully saturated rings. The van der Waals surface area contributed by atoms with E-state index in [1.165, 1.54) is 36.4 Å². The number of carbonyl (C=O) groups is 1. The molecule has 12 heteroatoms. The smallest absolute Gasteiger partial charge is 0.264 e. The van der Waals surface area contributed by atoms with Crippen LogP contribution in [0.2, 0.25) is 0 Å². The SMILES string of the molecule is Cc1ccc(C)c(N(CC(=O)Nc2ccc(S(=O)(=O)Nc3nc(C)cc(C)n3)cc2)S(=O)(=O)c2ccccc2)c1. The molecular weight excluding hydrogens is 550 g/mol. The average molecular weight is 580 g/mol. The first kappa shape index (κ1) is 28.7. The molecule has 0 radical (unpaired) electrons. The van der Waals surface area contributed by atoms with Gasteiger partial charge in [-0.3, -0.25) is 9.10 Å². The maximum absolute atomic E-state index is 13.6.